The number of aromatic nitrogens is 3. The molecule has 7 heteroatoms. The van der Waals surface area contributed by atoms with E-state index in [4.69, 9.17) is 34.8 Å². The molecule has 1 atom stereocenters. The lowest BCUT2D eigenvalue weighted by atomic mass is 9.88. The van der Waals surface area contributed by atoms with Crippen molar-refractivity contribution in [2.24, 2.45) is 5.92 Å². The monoisotopic (exact) mass is 357 g/mol. The van der Waals surface area contributed by atoms with Gasteiger partial charge in [-0.3, -0.25) is 0 Å². The van der Waals surface area contributed by atoms with Crippen molar-refractivity contribution >= 4 is 40.9 Å². The van der Waals surface area contributed by atoms with Crippen LogP contribution in [0, 0.1) is 5.92 Å². The lowest BCUT2D eigenvalue weighted by molar-refractivity contribution is -0.00766. The number of aliphatic hydroxyl groups is 1. The van der Waals surface area contributed by atoms with Gasteiger partial charge in [-0.05, 0) is 36.5 Å². The van der Waals surface area contributed by atoms with E-state index in [1.807, 2.05) is 12.1 Å². The number of benzene rings is 1. The molecule has 0 radical (unpaired) electrons. The summed E-state index contributed by atoms with van der Waals surface area (Å²) in [6, 6.07) is 5.40. The predicted octanol–water partition coefficient (Wildman–Crippen LogP) is 4.01. The van der Waals surface area contributed by atoms with Crippen molar-refractivity contribution < 1.29 is 5.11 Å². The fraction of sp³-hybridized carbons (Fsp3) is 0.333. The highest BCUT2D eigenvalue weighted by atomic mass is 35.5. The standard InChI is InChI=1S/C15H14Cl3N3O/c16-13-5-10(6-14(17)18)1-4-12(13)15(22,11-2-3-11)7-21-9-19-8-20-21/h1,4-6,8-9,11,22H,2-3,7H2. The molecule has 0 amide bonds. The van der Waals surface area contributed by atoms with E-state index in [0.29, 0.717) is 17.1 Å². The van der Waals surface area contributed by atoms with Crippen LogP contribution in [0.3, 0.4) is 0 Å². The molecule has 1 aliphatic rings. The zero-order valence-electron chi connectivity index (χ0n) is 11.6. The highest BCUT2D eigenvalue weighted by Gasteiger charge is 2.46. The number of hydrogen-bond acceptors (Lipinski definition) is 3. The molecule has 3 rings (SSSR count). The van der Waals surface area contributed by atoms with Gasteiger partial charge in [-0.25, -0.2) is 9.67 Å². The Balaban J connectivity index is 1.96. The van der Waals surface area contributed by atoms with Crippen molar-refractivity contribution in [1.29, 1.82) is 0 Å². The zero-order valence-corrected chi connectivity index (χ0v) is 13.9. The first-order chi connectivity index (χ1) is 10.5. The minimum Gasteiger partial charge on any atom is -0.383 e. The summed E-state index contributed by atoms with van der Waals surface area (Å²) in [5, 5.41) is 15.8. The highest BCUT2D eigenvalue weighted by molar-refractivity contribution is 6.57. The Labute approximate surface area is 143 Å². The van der Waals surface area contributed by atoms with Crippen LogP contribution < -0.4 is 0 Å². The Hall–Kier alpha value is -1.07. The quantitative estimate of drug-likeness (QED) is 0.878. The van der Waals surface area contributed by atoms with Crippen molar-refractivity contribution in [3.05, 3.63) is 51.5 Å². The molecule has 0 aliphatic heterocycles. The maximum Gasteiger partial charge on any atom is 0.137 e. The summed E-state index contributed by atoms with van der Waals surface area (Å²) in [6.45, 7) is 0.322. The van der Waals surface area contributed by atoms with Gasteiger partial charge in [0.15, 0.2) is 0 Å². The van der Waals surface area contributed by atoms with Crippen LogP contribution in [-0.2, 0) is 12.1 Å². The Kier molecular flexibility index (Phi) is 4.46. The third-order valence-electron chi connectivity index (χ3n) is 3.86. The molecular formula is C15H14Cl3N3O. The maximum atomic E-state index is 11.2. The third kappa shape index (κ3) is 3.30. The smallest absolute Gasteiger partial charge is 0.137 e. The van der Waals surface area contributed by atoms with Crippen LogP contribution in [-0.4, -0.2) is 19.9 Å². The van der Waals surface area contributed by atoms with Crippen molar-refractivity contribution in [2.45, 2.75) is 25.0 Å². The average molecular weight is 359 g/mol. The molecule has 1 unspecified atom stereocenters. The highest BCUT2D eigenvalue weighted by Crippen LogP contribution is 2.48. The van der Waals surface area contributed by atoms with E-state index >= 15 is 0 Å². The van der Waals surface area contributed by atoms with Crippen LogP contribution in [0.5, 0.6) is 0 Å². The molecule has 1 fully saturated rings. The van der Waals surface area contributed by atoms with Crippen molar-refractivity contribution in [2.75, 3.05) is 0 Å². The largest absolute Gasteiger partial charge is 0.383 e. The van der Waals surface area contributed by atoms with Gasteiger partial charge in [0.05, 0.1) is 6.54 Å². The number of nitrogens with zero attached hydrogens (tertiary/aromatic N) is 3. The number of rotatable bonds is 5. The lowest BCUT2D eigenvalue weighted by Crippen LogP contribution is -2.34. The summed E-state index contributed by atoms with van der Waals surface area (Å²) in [6.07, 6.45) is 6.58. The van der Waals surface area contributed by atoms with Gasteiger partial charge in [-0.15, -0.1) is 0 Å². The molecule has 116 valence electrons. The third-order valence-corrected chi connectivity index (χ3v) is 4.39. The minimum absolute atomic E-state index is 0.156. The number of hydrogen-bond donors (Lipinski definition) is 1. The molecule has 1 heterocycles. The SMILES string of the molecule is OC(Cn1cncn1)(c1ccc(C=C(Cl)Cl)cc1Cl)C1CC1. The Bertz CT molecular complexity index is 694. The number of halogens is 3. The summed E-state index contributed by atoms with van der Waals surface area (Å²) in [7, 11) is 0. The van der Waals surface area contributed by atoms with E-state index in [-0.39, 0.29) is 10.4 Å². The van der Waals surface area contributed by atoms with Crippen molar-refractivity contribution in [3.8, 4) is 0 Å². The normalized spacial score (nSPS) is 17.1. The van der Waals surface area contributed by atoms with E-state index in [0.717, 1.165) is 18.4 Å². The molecular weight excluding hydrogens is 345 g/mol. The summed E-state index contributed by atoms with van der Waals surface area (Å²) in [5.41, 5.74) is 0.417. The molecule has 1 aromatic carbocycles. The van der Waals surface area contributed by atoms with Crippen molar-refractivity contribution in [3.63, 3.8) is 0 Å². The summed E-state index contributed by atoms with van der Waals surface area (Å²) in [5.74, 6) is 0.173. The van der Waals surface area contributed by atoms with E-state index < -0.39 is 5.60 Å². The van der Waals surface area contributed by atoms with Crippen LogP contribution in [0.2, 0.25) is 5.02 Å². The van der Waals surface area contributed by atoms with Gasteiger partial charge in [0.2, 0.25) is 0 Å². The molecule has 22 heavy (non-hydrogen) atoms. The topological polar surface area (TPSA) is 50.9 Å². The summed E-state index contributed by atoms with van der Waals surface area (Å²) < 4.78 is 1.78. The first-order valence-electron chi connectivity index (χ1n) is 6.86. The molecule has 0 bridgehead atoms. The first-order valence-corrected chi connectivity index (χ1v) is 8.00. The van der Waals surface area contributed by atoms with E-state index in [1.165, 1.54) is 6.33 Å². The molecule has 1 aliphatic carbocycles. The van der Waals surface area contributed by atoms with Crippen LogP contribution in [0.15, 0.2) is 35.3 Å². The molecule has 1 aromatic heterocycles. The molecule has 0 saturated heterocycles. The summed E-state index contributed by atoms with van der Waals surface area (Å²) >= 11 is 17.7. The second kappa shape index (κ2) is 6.20. The van der Waals surface area contributed by atoms with Crippen LogP contribution in [0.25, 0.3) is 6.08 Å². The molecule has 1 N–H and O–H groups in total. The first kappa shape index (κ1) is 15.8. The molecule has 2 aromatic rings. The average Bonchev–Trinajstić information content (AvgIpc) is 3.18. The van der Waals surface area contributed by atoms with Crippen LogP contribution in [0.4, 0.5) is 0 Å². The predicted molar refractivity (Wildman–Crippen MR) is 87.8 cm³/mol. The van der Waals surface area contributed by atoms with Gasteiger partial charge < -0.3 is 5.11 Å². The van der Waals surface area contributed by atoms with Crippen LogP contribution in [0.1, 0.15) is 24.0 Å². The van der Waals surface area contributed by atoms with E-state index in [2.05, 4.69) is 10.1 Å². The van der Waals surface area contributed by atoms with Crippen LogP contribution >= 0.6 is 34.8 Å². The Morgan fingerprint density at radius 2 is 2.18 bits per heavy atom. The minimum atomic E-state index is -1.06. The maximum absolute atomic E-state index is 11.2. The fourth-order valence-electron chi connectivity index (χ4n) is 2.65. The van der Waals surface area contributed by atoms with Gasteiger partial charge in [-0.2, -0.15) is 5.10 Å². The second-order valence-corrected chi connectivity index (χ2v) is 6.88. The van der Waals surface area contributed by atoms with Gasteiger partial charge in [-0.1, -0.05) is 46.9 Å². The van der Waals surface area contributed by atoms with Gasteiger partial charge >= 0.3 is 0 Å². The zero-order chi connectivity index (χ0) is 15.7. The van der Waals surface area contributed by atoms with Gasteiger partial charge in [0.25, 0.3) is 0 Å². The van der Waals surface area contributed by atoms with E-state index in [9.17, 15) is 5.11 Å². The van der Waals surface area contributed by atoms with E-state index in [1.54, 1.807) is 23.2 Å². The lowest BCUT2D eigenvalue weighted by Gasteiger charge is -2.29. The molecule has 4 nitrogen and oxygen atoms in total. The molecule has 0 spiro atoms. The van der Waals surface area contributed by atoms with Gasteiger partial charge in [0, 0.05) is 10.6 Å². The Morgan fingerprint density at radius 1 is 1.41 bits per heavy atom. The second-order valence-electron chi connectivity index (χ2n) is 5.46. The summed E-state index contributed by atoms with van der Waals surface area (Å²) in [4.78, 5) is 3.92. The van der Waals surface area contributed by atoms with Crippen molar-refractivity contribution in [1.82, 2.24) is 14.8 Å². The fourth-order valence-corrected chi connectivity index (χ4v) is 3.26. The van der Waals surface area contributed by atoms with Gasteiger partial charge in [0.1, 0.15) is 22.7 Å². The molecule has 1 saturated carbocycles. The Morgan fingerprint density at radius 3 is 2.73 bits per heavy atom.